The monoisotopic (exact) mass is 329 g/mol. The first-order valence-corrected chi connectivity index (χ1v) is 14.6. The van der Waals surface area contributed by atoms with Gasteiger partial charge in [0.15, 0.2) is 0 Å². The van der Waals surface area contributed by atoms with Gasteiger partial charge in [-0.1, -0.05) is 0 Å². The molecule has 83 valence electrons. The molecular formula is C10H21Cl2SiZr. The third-order valence-corrected chi connectivity index (χ3v) is 19.2. The van der Waals surface area contributed by atoms with Crippen molar-refractivity contribution in [2.24, 2.45) is 0 Å². The number of rotatable bonds is 3. The number of allylic oxidation sites excluding steroid dienone is 2. The molecule has 0 amide bonds. The van der Waals surface area contributed by atoms with Crippen molar-refractivity contribution in [2.75, 3.05) is 0 Å². The van der Waals surface area contributed by atoms with Crippen LogP contribution in [0.5, 0.6) is 0 Å². The van der Waals surface area contributed by atoms with Crippen molar-refractivity contribution in [1.82, 2.24) is 0 Å². The summed E-state index contributed by atoms with van der Waals surface area (Å²) in [6, 6.07) is 0. The fourth-order valence-corrected chi connectivity index (χ4v) is 14.1. The molecule has 0 spiro atoms. The summed E-state index contributed by atoms with van der Waals surface area (Å²) in [5, 5.41) is 0. The summed E-state index contributed by atoms with van der Waals surface area (Å²) in [4.78, 5) is 0. The Hall–Kier alpha value is 1.16. The first kappa shape index (κ1) is 20.6. The van der Waals surface area contributed by atoms with E-state index in [1.54, 1.807) is 0 Å². The van der Waals surface area contributed by atoms with E-state index in [0.29, 0.717) is 0 Å². The van der Waals surface area contributed by atoms with E-state index in [4.69, 9.17) is 0 Å². The smallest absolute Gasteiger partial charge is 1.00 e. The molecule has 0 aliphatic carbocycles. The van der Waals surface area contributed by atoms with E-state index in [-0.39, 0.29) is 30.7 Å². The van der Waals surface area contributed by atoms with Gasteiger partial charge in [0.25, 0.3) is 0 Å². The van der Waals surface area contributed by atoms with Gasteiger partial charge in [-0.15, -0.1) is 0 Å². The summed E-state index contributed by atoms with van der Waals surface area (Å²) in [6.07, 6.45) is 0. The molecule has 0 atom stereocenters. The fourth-order valence-electron chi connectivity index (χ4n) is 1.04. The molecule has 0 N–H and O–H groups in total. The van der Waals surface area contributed by atoms with E-state index in [2.05, 4.69) is 48.4 Å². The van der Waals surface area contributed by atoms with E-state index in [0.717, 1.165) is 0 Å². The minimum atomic E-state index is -1.17. The molecule has 0 saturated carbocycles. The van der Waals surface area contributed by atoms with Crippen LogP contribution < -0.4 is 24.8 Å². The van der Waals surface area contributed by atoms with Crippen molar-refractivity contribution in [3.63, 3.8) is 0 Å². The number of halogens is 2. The number of hydrogen-bond acceptors (Lipinski definition) is 0. The summed E-state index contributed by atoms with van der Waals surface area (Å²) < 4.78 is 5.21. The zero-order valence-electron chi connectivity index (χ0n) is 9.99. The first-order valence-electron chi connectivity index (χ1n) is 4.60. The third-order valence-electron chi connectivity index (χ3n) is 1.58. The van der Waals surface area contributed by atoms with E-state index in [1.165, 1.54) is 11.1 Å². The summed E-state index contributed by atoms with van der Waals surface area (Å²) >= 11 is -1.17. The molecule has 0 aromatic carbocycles. The van der Waals surface area contributed by atoms with E-state index >= 15 is 0 Å². The molecule has 0 heterocycles. The molecule has 4 heteroatoms. The Bertz CT molecular complexity index is 174. The van der Waals surface area contributed by atoms with Crippen LogP contribution in [0.1, 0.15) is 27.7 Å². The van der Waals surface area contributed by atoms with Crippen LogP contribution in [0.25, 0.3) is 0 Å². The predicted molar refractivity (Wildman–Crippen MR) is 57.7 cm³/mol. The Labute approximate surface area is 110 Å². The molecule has 14 heavy (non-hydrogen) atoms. The van der Waals surface area contributed by atoms with Gasteiger partial charge >= 0.3 is 86.3 Å². The minimum Gasteiger partial charge on any atom is -1.00 e. The van der Waals surface area contributed by atoms with E-state index < -0.39 is 20.9 Å². The van der Waals surface area contributed by atoms with E-state index in [1.807, 2.05) is 0 Å². The molecule has 0 aromatic heterocycles. The van der Waals surface area contributed by atoms with Crippen molar-refractivity contribution in [2.45, 2.75) is 40.8 Å². The maximum atomic E-state index is 2.60. The second-order valence-corrected chi connectivity index (χ2v) is 22.7. The summed E-state index contributed by atoms with van der Waals surface area (Å²) in [7, 11) is 0. The predicted octanol–water partition coefficient (Wildman–Crippen LogP) is -2.56. The van der Waals surface area contributed by atoms with Crippen LogP contribution in [0.15, 0.2) is 18.7 Å². The molecular weight excluding hydrogens is 310 g/mol. The summed E-state index contributed by atoms with van der Waals surface area (Å²) in [6.45, 7) is 13.9. The Balaban J connectivity index is -0.000000605. The number of hydrogen-bond donors (Lipinski definition) is 0. The topological polar surface area (TPSA) is 0 Å². The fraction of sp³-hybridized carbons (Fsp3) is 0.600. The van der Waals surface area contributed by atoms with Crippen LogP contribution in [0.2, 0.25) is 13.1 Å². The van der Waals surface area contributed by atoms with Crippen LogP contribution in [0, 0.1) is 0 Å². The maximum absolute atomic E-state index is 2.60. The maximum Gasteiger partial charge on any atom is -1.00 e. The van der Waals surface area contributed by atoms with Crippen molar-refractivity contribution in [1.29, 1.82) is 0 Å². The molecule has 0 unspecified atom stereocenters. The summed E-state index contributed by atoms with van der Waals surface area (Å²) in [5.41, 5.74) is 3.06. The van der Waals surface area contributed by atoms with Gasteiger partial charge in [0.05, 0.1) is 0 Å². The molecule has 0 bridgehead atoms. The molecule has 0 aliphatic rings. The molecule has 0 fully saturated rings. The van der Waals surface area contributed by atoms with Crippen LogP contribution in [-0.4, -0.2) is 5.92 Å². The largest absolute Gasteiger partial charge is 1.00 e. The Morgan fingerprint density at radius 3 is 1.29 bits per heavy atom. The zero-order chi connectivity index (χ0) is 9.72. The Morgan fingerprint density at radius 1 is 0.857 bits per heavy atom. The molecule has 0 radical (unpaired) electrons. The zero-order valence-corrected chi connectivity index (χ0v) is 15.1. The Morgan fingerprint density at radius 2 is 1.14 bits per heavy atom. The quantitative estimate of drug-likeness (QED) is 0.500. The first-order chi connectivity index (χ1) is 5.43. The molecule has 0 saturated heterocycles. The second kappa shape index (κ2) is 10.7. The second-order valence-electron chi connectivity index (χ2n) is 4.10. The van der Waals surface area contributed by atoms with Gasteiger partial charge < -0.3 is 24.8 Å². The summed E-state index contributed by atoms with van der Waals surface area (Å²) in [5.74, 6) is -0.354. The van der Waals surface area contributed by atoms with Crippen LogP contribution in [-0.2, 0) is 20.9 Å². The SMILES string of the molecule is CC(C)=[CH][Zr+2]([CH]=C(C)C)[SiH](C)C.[Cl-].[Cl-]. The van der Waals surface area contributed by atoms with Gasteiger partial charge in [-0.2, -0.15) is 0 Å². The van der Waals surface area contributed by atoms with Crippen LogP contribution in [0.4, 0.5) is 0 Å². The molecule has 0 aliphatic heterocycles. The van der Waals surface area contributed by atoms with Gasteiger partial charge in [-0.25, -0.2) is 0 Å². The van der Waals surface area contributed by atoms with Gasteiger partial charge in [0, 0.05) is 0 Å². The molecule has 0 rings (SSSR count). The van der Waals surface area contributed by atoms with Crippen LogP contribution in [0.3, 0.4) is 0 Å². The average molecular weight is 331 g/mol. The van der Waals surface area contributed by atoms with Gasteiger partial charge in [-0.3, -0.25) is 0 Å². The molecule has 0 aromatic rings. The standard InChI is InChI=1S/2C4H7.C2H7Si.2ClH.Zr/c2*1-4(2)3;1-3-2;;;/h2*1H,2-3H3;3H,1-2H3;2*1H;/q;;;;;+2/p-2. The average Bonchev–Trinajstić information content (AvgIpc) is 1.83. The van der Waals surface area contributed by atoms with Crippen LogP contribution >= 0.6 is 0 Å². The van der Waals surface area contributed by atoms with Gasteiger partial charge in [0.1, 0.15) is 0 Å². The van der Waals surface area contributed by atoms with E-state index in [9.17, 15) is 0 Å². The van der Waals surface area contributed by atoms with Crippen molar-refractivity contribution >= 4 is 5.92 Å². The van der Waals surface area contributed by atoms with Gasteiger partial charge in [0.2, 0.25) is 0 Å². The normalized spacial score (nSPS) is 8.21. The van der Waals surface area contributed by atoms with Crippen molar-refractivity contribution in [3.8, 4) is 0 Å². The minimum absolute atomic E-state index is 0. The molecule has 0 nitrogen and oxygen atoms in total. The van der Waals surface area contributed by atoms with Crippen molar-refractivity contribution in [3.05, 3.63) is 18.7 Å². The Kier molecular flexibility index (Phi) is 15.7. The third kappa shape index (κ3) is 11.2. The van der Waals surface area contributed by atoms with Gasteiger partial charge in [-0.05, 0) is 0 Å². The van der Waals surface area contributed by atoms with Crippen molar-refractivity contribution < 1.29 is 45.7 Å².